The first-order valence-electron chi connectivity index (χ1n) is 3.63. The van der Waals surface area contributed by atoms with Crippen molar-refractivity contribution in [3.05, 3.63) is 22.4 Å². The maximum Gasteiger partial charge on any atom is 0.110 e. The van der Waals surface area contributed by atoms with Crippen LogP contribution in [0.15, 0.2) is 16.7 Å². The van der Waals surface area contributed by atoms with Crippen molar-refractivity contribution in [1.82, 2.24) is 14.8 Å². The third-order valence-corrected chi connectivity index (χ3v) is 2.38. The SMILES string of the molecule is Cc1cc(Br)c2c(cnn2C)n1. The molecule has 4 heteroatoms. The molecular weight excluding hydrogens is 218 g/mol. The minimum atomic E-state index is 0.935. The molecule has 0 amide bonds. The minimum absolute atomic E-state index is 0.935. The molecule has 0 aliphatic rings. The second-order valence-electron chi connectivity index (χ2n) is 2.75. The van der Waals surface area contributed by atoms with Crippen molar-refractivity contribution in [3.63, 3.8) is 0 Å². The number of pyridine rings is 1. The molecule has 0 aliphatic heterocycles. The van der Waals surface area contributed by atoms with Crippen LogP contribution in [0.1, 0.15) is 5.69 Å². The van der Waals surface area contributed by atoms with Gasteiger partial charge in [0.05, 0.1) is 6.20 Å². The smallest absolute Gasteiger partial charge is 0.110 e. The number of aryl methyl sites for hydroxylation is 2. The number of nitrogens with zero attached hydrogens (tertiary/aromatic N) is 3. The van der Waals surface area contributed by atoms with Crippen LogP contribution in [0.25, 0.3) is 11.0 Å². The van der Waals surface area contributed by atoms with Crippen LogP contribution in [0.4, 0.5) is 0 Å². The molecule has 0 saturated carbocycles. The molecular formula is C8H8BrN3. The second-order valence-corrected chi connectivity index (χ2v) is 3.60. The summed E-state index contributed by atoms with van der Waals surface area (Å²) in [4.78, 5) is 4.34. The van der Waals surface area contributed by atoms with Crippen molar-refractivity contribution in [3.8, 4) is 0 Å². The Balaban J connectivity index is 2.93. The standard InChI is InChI=1S/C8H8BrN3/c1-5-3-6(9)8-7(11-5)4-10-12(8)2/h3-4H,1-2H3. The zero-order chi connectivity index (χ0) is 8.72. The Bertz CT molecular complexity index is 433. The minimum Gasteiger partial charge on any atom is -0.265 e. The van der Waals surface area contributed by atoms with Gasteiger partial charge in [-0.3, -0.25) is 4.68 Å². The van der Waals surface area contributed by atoms with Gasteiger partial charge in [-0.05, 0) is 28.9 Å². The third kappa shape index (κ3) is 1.03. The maximum atomic E-state index is 4.34. The van der Waals surface area contributed by atoms with Crippen LogP contribution >= 0.6 is 15.9 Å². The van der Waals surface area contributed by atoms with Crippen molar-refractivity contribution in [2.75, 3.05) is 0 Å². The largest absolute Gasteiger partial charge is 0.265 e. The number of halogens is 1. The molecule has 0 fully saturated rings. The molecule has 2 heterocycles. The Morgan fingerprint density at radius 3 is 3.00 bits per heavy atom. The van der Waals surface area contributed by atoms with Crippen molar-refractivity contribution in [1.29, 1.82) is 0 Å². The van der Waals surface area contributed by atoms with Crippen LogP contribution in [-0.2, 0) is 7.05 Å². The fourth-order valence-electron chi connectivity index (χ4n) is 1.26. The molecule has 0 N–H and O–H groups in total. The quantitative estimate of drug-likeness (QED) is 0.688. The van der Waals surface area contributed by atoms with Gasteiger partial charge in [0.15, 0.2) is 0 Å². The summed E-state index contributed by atoms with van der Waals surface area (Å²) in [7, 11) is 1.91. The molecule has 2 rings (SSSR count). The highest BCUT2D eigenvalue weighted by atomic mass is 79.9. The Morgan fingerprint density at radius 2 is 2.25 bits per heavy atom. The summed E-state index contributed by atoms with van der Waals surface area (Å²) in [6, 6.07) is 1.99. The average Bonchev–Trinajstić information content (AvgIpc) is 2.31. The van der Waals surface area contributed by atoms with Crippen LogP contribution in [-0.4, -0.2) is 14.8 Å². The summed E-state index contributed by atoms with van der Waals surface area (Å²) >= 11 is 3.48. The van der Waals surface area contributed by atoms with Crippen LogP contribution in [0.5, 0.6) is 0 Å². The Hall–Kier alpha value is -0.900. The zero-order valence-electron chi connectivity index (χ0n) is 6.87. The summed E-state index contributed by atoms with van der Waals surface area (Å²) in [6.45, 7) is 1.97. The molecule has 0 radical (unpaired) electrons. The van der Waals surface area contributed by atoms with E-state index in [4.69, 9.17) is 0 Å². The highest BCUT2D eigenvalue weighted by Gasteiger charge is 2.05. The first-order valence-corrected chi connectivity index (χ1v) is 4.42. The Labute approximate surface area is 78.5 Å². The lowest BCUT2D eigenvalue weighted by atomic mass is 10.3. The van der Waals surface area contributed by atoms with Gasteiger partial charge in [0.25, 0.3) is 0 Å². The molecule has 0 atom stereocenters. The fourth-order valence-corrected chi connectivity index (χ4v) is 2.05. The predicted molar refractivity (Wildman–Crippen MR) is 50.9 cm³/mol. The summed E-state index contributed by atoms with van der Waals surface area (Å²) in [5.41, 5.74) is 2.98. The molecule has 2 aromatic heterocycles. The van der Waals surface area contributed by atoms with Gasteiger partial charge in [0.2, 0.25) is 0 Å². The molecule has 0 saturated heterocycles. The predicted octanol–water partition coefficient (Wildman–Crippen LogP) is 2.04. The lowest BCUT2D eigenvalue weighted by molar-refractivity contribution is 0.795. The fraction of sp³-hybridized carbons (Fsp3) is 0.250. The van der Waals surface area contributed by atoms with Crippen molar-refractivity contribution in [2.45, 2.75) is 6.92 Å². The van der Waals surface area contributed by atoms with E-state index in [1.165, 1.54) is 0 Å². The van der Waals surface area contributed by atoms with Gasteiger partial charge in [-0.15, -0.1) is 0 Å². The van der Waals surface area contributed by atoms with Gasteiger partial charge in [-0.2, -0.15) is 5.10 Å². The third-order valence-electron chi connectivity index (χ3n) is 1.78. The topological polar surface area (TPSA) is 30.7 Å². The normalized spacial score (nSPS) is 10.9. The van der Waals surface area contributed by atoms with Crippen LogP contribution < -0.4 is 0 Å². The number of hydrogen-bond acceptors (Lipinski definition) is 2. The lowest BCUT2D eigenvalue weighted by Crippen LogP contribution is -1.91. The summed E-state index contributed by atoms with van der Waals surface area (Å²) in [5, 5.41) is 4.12. The summed E-state index contributed by atoms with van der Waals surface area (Å²) in [5.74, 6) is 0. The Morgan fingerprint density at radius 1 is 1.50 bits per heavy atom. The summed E-state index contributed by atoms with van der Waals surface area (Å²) < 4.78 is 2.86. The monoisotopic (exact) mass is 225 g/mol. The van der Waals surface area contributed by atoms with Crippen molar-refractivity contribution in [2.24, 2.45) is 7.05 Å². The highest BCUT2D eigenvalue weighted by molar-refractivity contribution is 9.10. The van der Waals surface area contributed by atoms with Crippen LogP contribution in [0.3, 0.4) is 0 Å². The second kappa shape index (κ2) is 2.55. The molecule has 0 aromatic carbocycles. The van der Waals surface area contributed by atoms with Gasteiger partial charge in [0.1, 0.15) is 11.0 Å². The van der Waals surface area contributed by atoms with Crippen molar-refractivity contribution < 1.29 is 0 Å². The van der Waals surface area contributed by atoms with Crippen molar-refractivity contribution >= 4 is 27.0 Å². The highest BCUT2D eigenvalue weighted by Crippen LogP contribution is 2.22. The van der Waals surface area contributed by atoms with Gasteiger partial charge in [-0.25, -0.2) is 4.98 Å². The molecule has 0 bridgehead atoms. The van der Waals surface area contributed by atoms with E-state index in [2.05, 4.69) is 26.0 Å². The number of hydrogen-bond donors (Lipinski definition) is 0. The van der Waals surface area contributed by atoms with E-state index in [0.29, 0.717) is 0 Å². The van der Waals surface area contributed by atoms with E-state index in [0.717, 1.165) is 21.2 Å². The molecule has 0 spiro atoms. The molecule has 62 valence electrons. The first kappa shape index (κ1) is 7.73. The van der Waals surface area contributed by atoms with E-state index >= 15 is 0 Å². The van der Waals surface area contributed by atoms with Crippen LogP contribution in [0.2, 0.25) is 0 Å². The van der Waals surface area contributed by atoms with Gasteiger partial charge in [-0.1, -0.05) is 0 Å². The van der Waals surface area contributed by atoms with Crippen LogP contribution in [0, 0.1) is 6.92 Å². The first-order chi connectivity index (χ1) is 5.68. The van der Waals surface area contributed by atoms with Gasteiger partial charge in [0, 0.05) is 17.2 Å². The molecule has 3 nitrogen and oxygen atoms in total. The zero-order valence-corrected chi connectivity index (χ0v) is 8.46. The van der Waals surface area contributed by atoms with Gasteiger partial charge >= 0.3 is 0 Å². The number of fused-ring (bicyclic) bond motifs is 1. The van der Waals surface area contributed by atoms with Gasteiger partial charge < -0.3 is 0 Å². The summed E-state index contributed by atoms with van der Waals surface area (Å²) in [6.07, 6.45) is 1.77. The number of aromatic nitrogens is 3. The van der Waals surface area contributed by atoms with E-state index in [9.17, 15) is 0 Å². The van der Waals surface area contributed by atoms with E-state index in [1.807, 2.05) is 24.7 Å². The molecule has 0 aliphatic carbocycles. The van der Waals surface area contributed by atoms with E-state index in [-0.39, 0.29) is 0 Å². The number of rotatable bonds is 0. The van der Waals surface area contributed by atoms with E-state index < -0.39 is 0 Å². The molecule has 2 aromatic rings. The molecule has 12 heavy (non-hydrogen) atoms. The maximum absolute atomic E-state index is 4.34. The lowest BCUT2D eigenvalue weighted by Gasteiger charge is -1.98. The Kier molecular flexibility index (Phi) is 1.65. The molecule has 0 unspecified atom stereocenters. The average molecular weight is 226 g/mol. The van der Waals surface area contributed by atoms with E-state index in [1.54, 1.807) is 6.20 Å².